The van der Waals surface area contributed by atoms with E-state index >= 15 is 0 Å². The molecule has 0 spiro atoms. The molecule has 0 radical (unpaired) electrons. The highest BCUT2D eigenvalue weighted by atomic mass is 19.1. The Morgan fingerprint density at radius 2 is 1.96 bits per heavy atom. The quantitative estimate of drug-likeness (QED) is 0.828. The summed E-state index contributed by atoms with van der Waals surface area (Å²) < 4.78 is 18.0. The van der Waals surface area contributed by atoms with E-state index in [1.54, 1.807) is 24.3 Å². The predicted molar refractivity (Wildman–Crippen MR) is 85.8 cm³/mol. The van der Waals surface area contributed by atoms with Crippen molar-refractivity contribution in [3.8, 4) is 11.8 Å². The van der Waals surface area contributed by atoms with E-state index in [0.717, 1.165) is 5.56 Å². The molecule has 24 heavy (non-hydrogen) atoms. The smallest absolute Gasteiger partial charge is 0.249 e. The van der Waals surface area contributed by atoms with Crippen LogP contribution in [0.3, 0.4) is 0 Å². The van der Waals surface area contributed by atoms with Gasteiger partial charge in [-0.2, -0.15) is 5.26 Å². The van der Waals surface area contributed by atoms with Crippen LogP contribution in [0.25, 0.3) is 0 Å². The molecule has 6 heteroatoms. The fourth-order valence-electron chi connectivity index (χ4n) is 1.98. The van der Waals surface area contributed by atoms with Gasteiger partial charge < -0.3 is 10.1 Å². The lowest BCUT2D eigenvalue weighted by Crippen LogP contribution is -2.31. The Labute approximate surface area is 138 Å². The van der Waals surface area contributed by atoms with Gasteiger partial charge in [-0.15, -0.1) is 0 Å². The standard InChI is InChI=1S/C18H15FN2O3/c1-12-3-2-4-14(9-12)21-18(23)16(10-20)17(22)11-24-15-7-5-13(19)6-8-15/h2-9,16H,11H2,1H3,(H,21,23). The molecule has 2 aromatic rings. The highest BCUT2D eigenvalue weighted by molar-refractivity contribution is 6.09. The average molecular weight is 326 g/mol. The second-order valence-electron chi connectivity index (χ2n) is 5.13. The lowest BCUT2D eigenvalue weighted by atomic mass is 10.1. The summed E-state index contributed by atoms with van der Waals surface area (Å²) in [7, 11) is 0. The second kappa shape index (κ2) is 7.88. The molecule has 0 saturated carbocycles. The summed E-state index contributed by atoms with van der Waals surface area (Å²) in [5.41, 5.74) is 1.44. The van der Waals surface area contributed by atoms with Crippen LogP contribution in [-0.4, -0.2) is 18.3 Å². The second-order valence-corrected chi connectivity index (χ2v) is 5.13. The minimum Gasteiger partial charge on any atom is -0.486 e. The summed E-state index contributed by atoms with van der Waals surface area (Å²) in [6.07, 6.45) is 0. The van der Waals surface area contributed by atoms with Crippen LogP contribution in [-0.2, 0) is 9.59 Å². The maximum atomic E-state index is 12.8. The Morgan fingerprint density at radius 1 is 1.25 bits per heavy atom. The molecule has 1 N–H and O–H groups in total. The first-order chi connectivity index (χ1) is 11.5. The molecule has 1 atom stereocenters. The largest absolute Gasteiger partial charge is 0.486 e. The first kappa shape index (κ1) is 17.2. The van der Waals surface area contributed by atoms with Gasteiger partial charge >= 0.3 is 0 Å². The number of ketones is 1. The van der Waals surface area contributed by atoms with E-state index in [-0.39, 0.29) is 5.75 Å². The molecule has 122 valence electrons. The average Bonchev–Trinajstić information content (AvgIpc) is 2.55. The molecule has 1 amide bonds. The predicted octanol–water partition coefficient (Wildman–Crippen LogP) is 2.86. The van der Waals surface area contributed by atoms with Crippen LogP contribution in [0.1, 0.15) is 5.56 Å². The molecule has 0 aliphatic heterocycles. The van der Waals surface area contributed by atoms with Crippen molar-refractivity contribution in [1.29, 1.82) is 5.26 Å². The molecule has 1 unspecified atom stereocenters. The Balaban J connectivity index is 1.96. The summed E-state index contributed by atoms with van der Waals surface area (Å²) >= 11 is 0. The number of Topliss-reactive ketones (excluding diaryl/α,β-unsaturated/α-hetero) is 1. The summed E-state index contributed by atoms with van der Waals surface area (Å²) in [5, 5.41) is 11.6. The number of halogens is 1. The van der Waals surface area contributed by atoms with E-state index in [1.807, 2.05) is 13.0 Å². The fraction of sp³-hybridized carbons (Fsp3) is 0.167. The van der Waals surface area contributed by atoms with E-state index in [9.17, 15) is 14.0 Å². The van der Waals surface area contributed by atoms with Crippen molar-refractivity contribution in [3.05, 3.63) is 59.9 Å². The topological polar surface area (TPSA) is 79.2 Å². The molecule has 0 saturated heterocycles. The van der Waals surface area contributed by atoms with Gasteiger partial charge in [0.25, 0.3) is 0 Å². The Hall–Kier alpha value is -3.20. The number of ether oxygens (including phenoxy) is 1. The number of carbonyl (C=O) groups is 2. The zero-order chi connectivity index (χ0) is 17.5. The van der Waals surface area contributed by atoms with Gasteiger partial charge in [0, 0.05) is 5.69 Å². The molecular weight excluding hydrogens is 311 g/mol. The van der Waals surface area contributed by atoms with E-state index in [1.165, 1.54) is 24.3 Å². The third kappa shape index (κ3) is 4.65. The highest BCUT2D eigenvalue weighted by Gasteiger charge is 2.26. The molecule has 2 aromatic carbocycles. The molecular formula is C18H15FN2O3. The Morgan fingerprint density at radius 3 is 2.58 bits per heavy atom. The van der Waals surface area contributed by atoms with Gasteiger partial charge in [-0.05, 0) is 48.9 Å². The summed E-state index contributed by atoms with van der Waals surface area (Å²) in [4.78, 5) is 24.1. The third-order valence-electron chi connectivity index (χ3n) is 3.19. The number of amides is 1. The number of aryl methyl sites for hydroxylation is 1. The number of hydrogen-bond acceptors (Lipinski definition) is 4. The van der Waals surface area contributed by atoms with E-state index in [0.29, 0.717) is 5.69 Å². The molecule has 2 rings (SSSR count). The summed E-state index contributed by atoms with van der Waals surface area (Å²) in [5.74, 6) is -3.02. The van der Waals surface area contributed by atoms with E-state index in [2.05, 4.69) is 5.32 Å². The third-order valence-corrected chi connectivity index (χ3v) is 3.19. The van der Waals surface area contributed by atoms with Crippen molar-refractivity contribution < 1.29 is 18.7 Å². The molecule has 0 heterocycles. The maximum absolute atomic E-state index is 12.8. The molecule has 5 nitrogen and oxygen atoms in total. The van der Waals surface area contributed by atoms with Crippen molar-refractivity contribution in [3.63, 3.8) is 0 Å². The maximum Gasteiger partial charge on any atom is 0.249 e. The van der Waals surface area contributed by atoms with Gasteiger partial charge in [-0.3, -0.25) is 9.59 Å². The fourth-order valence-corrected chi connectivity index (χ4v) is 1.98. The van der Waals surface area contributed by atoms with Crippen LogP contribution in [0, 0.1) is 30.0 Å². The van der Waals surface area contributed by atoms with Gasteiger partial charge in [0.05, 0.1) is 6.07 Å². The van der Waals surface area contributed by atoms with Crippen LogP contribution < -0.4 is 10.1 Å². The van der Waals surface area contributed by atoms with Crippen molar-refractivity contribution in [2.75, 3.05) is 11.9 Å². The Kier molecular flexibility index (Phi) is 5.63. The first-order valence-corrected chi connectivity index (χ1v) is 7.18. The van der Waals surface area contributed by atoms with Gasteiger partial charge in [0.2, 0.25) is 5.91 Å². The normalized spacial score (nSPS) is 11.2. The minimum atomic E-state index is -1.48. The lowest BCUT2D eigenvalue weighted by Gasteiger charge is -2.11. The summed E-state index contributed by atoms with van der Waals surface area (Å²) in [6, 6.07) is 13.8. The Bertz CT molecular complexity index is 782. The van der Waals surface area contributed by atoms with Gasteiger partial charge in [0.15, 0.2) is 11.7 Å². The van der Waals surface area contributed by atoms with Crippen molar-refractivity contribution >= 4 is 17.4 Å². The molecule has 0 fully saturated rings. The van der Waals surface area contributed by atoms with Crippen molar-refractivity contribution in [2.45, 2.75) is 6.92 Å². The van der Waals surface area contributed by atoms with E-state index in [4.69, 9.17) is 10.00 Å². The summed E-state index contributed by atoms with van der Waals surface area (Å²) in [6.45, 7) is 1.41. The zero-order valence-corrected chi connectivity index (χ0v) is 13.0. The molecule has 0 aliphatic rings. The first-order valence-electron chi connectivity index (χ1n) is 7.18. The van der Waals surface area contributed by atoms with Gasteiger partial charge in [-0.25, -0.2) is 4.39 Å². The monoisotopic (exact) mass is 326 g/mol. The highest BCUT2D eigenvalue weighted by Crippen LogP contribution is 2.13. The van der Waals surface area contributed by atoms with Crippen LogP contribution >= 0.6 is 0 Å². The van der Waals surface area contributed by atoms with Crippen LogP contribution in [0.4, 0.5) is 10.1 Å². The number of anilines is 1. The number of nitrogens with one attached hydrogen (secondary N) is 1. The number of nitriles is 1. The number of nitrogens with zero attached hydrogens (tertiary/aromatic N) is 1. The molecule has 0 aliphatic carbocycles. The van der Waals surface area contributed by atoms with Crippen LogP contribution in [0.5, 0.6) is 5.75 Å². The van der Waals surface area contributed by atoms with Crippen LogP contribution in [0.2, 0.25) is 0 Å². The molecule has 0 bridgehead atoms. The minimum absolute atomic E-state index is 0.278. The van der Waals surface area contributed by atoms with Crippen LogP contribution in [0.15, 0.2) is 48.5 Å². The van der Waals surface area contributed by atoms with Gasteiger partial charge in [0.1, 0.15) is 18.2 Å². The number of rotatable bonds is 6. The lowest BCUT2D eigenvalue weighted by molar-refractivity contribution is -0.130. The molecule has 0 aromatic heterocycles. The SMILES string of the molecule is Cc1cccc(NC(=O)C(C#N)C(=O)COc2ccc(F)cc2)c1. The van der Waals surface area contributed by atoms with Gasteiger partial charge in [-0.1, -0.05) is 12.1 Å². The van der Waals surface area contributed by atoms with Crippen molar-refractivity contribution in [2.24, 2.45) is 5.92 Å². The number of carbonyl (C=O) groups excluding carboxylic acids is 2. The zero-order valence-electron chi connectivity index (χ0n) is 13.0. The van der Waals surface area contributed by atoms with Crippen molar-refractivity contribution in [1.82, 2.24) is 0 Å². The number of benzene rings is 2. The van der Waals surface area contributed by atoms with E-state index < -0.39 is 30.0 Å². The number of hydrogen-bond donors (Lipinski definition) is 1.